The Labute approximate surface area is 248 Å². The van der Waals surface area contributed by atoms with Crippen molar-refractivity contribution in [1.82, 2.24) is 14.8 Å². The van der Waals surface area contributed by atoms with Gasteiger partial charge in [0.25, 0.3) is 0 Å². The summed E-state index contributed by atoms with van der Waals surface area (Å²) in [5, 5.41) is 20.7. The van der Waals surface area contributed by atoms with Crippen molar-refractivity contribution in [3.05, 3.63) is 107 Å². The van der Waals surface area contributed by atoms with Gasteiger partial charge in [-0.3, -0.25) is 0 Å². The van der Waals surface area contributed by atoms with Crippen LogP contribution in [0, 0.1) is 0 Å². The number of nitrogens with zero attached hydrogens (tertiary/aromatic N) is 3. The molecule has 2 aromatic heterocycles. The number of alkyl halides is 3. The zero-order valence-electron chi connectivity index (χ0n) is 22.2. The molecule has 220 valence electrons. The van der Waals surface area contributed by atoms with Crippen LogP contribution < -0.4 is 5.14 Å². The zero-order valence-corrected chi connectivity index (χ0v) is 23.9. The number of carboxylic acid groups (broad SMARTS) is 1. The van der Waals surface area contributed by atoms with Gasteiger partial charge in [-0.1, -0.05) is 60.7 Å². The van der Waals surface area contributed by atoms with Crippen LogP contribution in [0.3, 0.4) is 0 Å². The summed E-state index contributed by atoms with van der Waals surface area (Å²) in [6.45, 7) is 0. The number of hydrogen-bond acceptors (Lipinski definition) is 6. The Bertz CT molecular complexity index is 1950. The number of nitrogens with two attached hydrogens (primary N) is 1. The van der Waals surface area contributed by atoms with Gasteiger partial charge in [0.2, 0.25) is 15.2 Å². The van der Waals surface area contributed by atoms with Crippen LogP contribution in [-0.2, 0) is 21.9 Å². The molecule has 0 radical (unpaired) electrons. The largest absolute Gasteiger partial charge is 0.476 e. The molecule has 1 saturated carbocycles. The highest BCUT2D eigenvalue weighted by Crippen LogP contribution is 2.60. The van der Waals surface area contributed by atoms with E-state index >= 15 is 0 Å². The highest BCUT2D eigenvalue weighted by molar-refractivity contribution is 7.89. The van der Waals surface area contributed by atoms with E-state index in [9.17, 15) is 31.5 Å². The molecule has 3 aromatic carbocycles. The van der Waals surface area contributed by atoms with Crippen molar-refractivity contribution in [2.24, 2.45) is 5.14 Å². The molecular weight excluding hydrogens is 601 g/mol. The van der Waals surface area contributed by atoms with Crippen LogP contribution in [0.5, 0.6) is 0 Å². The van der Waals surface area contributed by atoms with Crippen LogP contribution in [0.2, 0.25) is 0 Å². The normalized spacial score (nSPS) is 14.5. The van der Waals surface area contributed by atoms with Crippen molar-refractivity contribution in [2.75, 3.05) is 0 Å². The Morgan fingerprint density at radius 3 is 2.21 bits per heavy atom. The van der Waals surface area contributed by atoms with Gasteiger partial charge in [-0.05, 0) is 47.7 Å². The third-order valence-electron chi connectivity index (χ3n) is 7.50. The van der Waals surface area contributed by atoms with E-state index in [1.165, 1.54) is 34.3 Å². The fourth-order valence-corrected chi connectivity index (χ4v) is 6.42. The van der Waals surface area contributed by atoms with Gasteiger partial charge in [0.15, 0.2) is 5.69 Å². The maximum Gasteiger partial charge on any atom is 0.400 e. The molecule has 5 aromatic rings. The molecule has 0 aliphatic heterocycles. The monoisotopic (exact) mass is 624 g/mol. The van der Waals surface area contributed by atoms with Crippen LogP contribution in [0.15, 0.2) is 89.1 Å². The molecule has 8 nitrogen and oxygen atoms in total. The highest BCUT2D eigenvalue weighted by Gasteiger charge is 2.66. The fraction of sp³-hybridized carbons (Fsp3) is 0.167. The van der Waals surface area contributed by atoms with E-state index < -0.39 is 27.6 Å². The van der Waals surface area contributed by atoms with Crippen molar-refractivity contribution in [2.45, 2.75) is 35.7 Å². The van der Waals surface area contributed by atoms with E-state index in [2.05, 4.69) is 10.1 Å². The minimum absolute atomic E-state index is 0.0138. The first-order valence-electron chi connectivity index (χ1n) is 13.0. The number of primary sulfonamides is 1. The highest BCUT2D eigenvalue weighted by atomic mass is 32.2. The molecule has 0 spiro atoms. The molecule has 0 amide bonds. The van der Waals surface area contributed by atoms with Crippen LogP contribution in [0.1, 0.15) is 40.2 Å². The number of halogens is 3. The first-order chi connectivity index (χ1) is 20.4. The van der Waals surface area contributed by atoms with Gasteiger partial charge < -0.3 is 5.11 Å². The molecule has 13 heteroatoms. The number of benzene rings is 3. The van der Waals surface area contributed by atoms with Crippen molar-refractivity contribution in [3.63, 3.8) is 0 Å². The number of sulfonamides is 1. The SMILES string of the molecule is NS(=O)(=O)c1ccc(Cc2c(C3(C(F)(F)F)CC3)nn(-c3nc(C(=O)O)cs3)c2-c2cccc(-c3ccccc3)c2)cc1. The van der Waals surface area contributed by atoms with Crippen molar-refractivity contribution >= 4 is 27.3 Å². The lowest BCUT2D eigenvalue weighted by molar-refractivity contribution is -0.161. The summed E-state index contributed by atoms with van der Waals surface area (Å²) in [5.41, 5.74) is 0.845. The second-order valence-corrected chi connectivity index (χ2v) is 12.7. The average molecular weight is 625 g/mol. The Kier molecular flexibility index (Phi) is 6.98. The summed E-state index contributed by atoms with van der Waals surface area (Å²) in [4.78, 5) is 15.7. The predicted molar refractivity (Wildman–Crippen MR) is 155 cm³/mol. The standard InChI is InChI=1S/C30H23F3N4O4S2/c31-30(32,33)29(13-14-29)26-23(15-18-9-11-22(12-10-18)43(34,40)41)25(37(36-26)28-35-24(17-42-28)27(38)39)21-8-4-7-20(16-21)19-5-2-1-3-6-19/h1-12,16-17H,13-15H2,(H,38,39)(H2,34,40,41). The van der Waals surface area contributed by atoms with E-state index in [1.54, 1.807) is 12.1 Å². The summed E-state index contributed by atoms with van der Waals surface area (Å²) in [6.07, 6.45) is -4.89. The van der Waals surface area contributed by atoms with E-state index in [-0.39, 0.29) is 46.2 Å². The number of thiazole rings is 1. The van der Waals surface area contributed by atoms with E-state index in [1.807, 2.05) is 42.5 Å². The molecule has 0 saturated heterocycles. The van der Waals surface area contributed by atoms with Crippen LogP contribution in [0.25, 0.3) is 27.5 Å². The van der Waals surface area contributed by atoms with Gasteiger partial charge in [-0.15, -0.1) is 11.3 Å². The van der Waals surface area contributed by atoms with Gasteiger partial charge in [0.1, 0.15) is 5.41 Å². The third kappa shape index (κ3) is 5.35. The van der Waals surface area contributed by atoms with Crippen molar-refractivity contribution in [3.8, 4) is 27.5 Å². The number of aromatic carboxylic acids is 1. The van der Waals surface area contributed by atoms with E-state index in [4.69, 9.17) is 5.14 Å². The number of carboxylic acids is 1. The number of hydrogen-bond donors (Lipinski definition) is 2. The Hall–Kier alpha value is -4.33. The minimum atomic E-state index is -4.59. The molecule has 1 fully saturated rings. The van der Waals surface area contributed by atoms with E-state index in [0.29, 0.717) is 16.8 Å². The molecule has 43 heavy (non-hydrogen) atoms. The van der Waals surface area contributed by atoms with Gasteiger partial charge >= 0.3 is 12.1 Å². The third-order valence-corrected chi connectivity index (χ3v) is 9.24. The van der Waals surface area contributed by atoms with Crippen molar-refractivity contribution < 1.29 is 31.5 Å². The quantitative estimate of drug-likeness (QED) is 0.212. The Morgan fingerprint density at radius 1 is 0.977 bits per heavy atom. The van der Waals surface area contributed by atoms with Crippen LogP contribution in [-0.4, -0.2) is 40.4 Å². The minimum Gasteiger partial charge on any atom is -0.476 e. The molecule has 0 unspecified atom stereocenters. The molecule has 2 heterocycles. The molecule has 0 atom stereocenters. The van der Waals surface area contributed by atoms with Gasteiger partial charge in [-0.2, -0.15) is 18.3 Å². The van der Waals surface area contributed by atoms with Crippen LogP contribution >= 0.6 is 11.3 Å². The van der Waals surface area contributed by atoms with Gasteiger partial charge in [0.05, 0.1) is 16.3 Å². The number of rotatable bonds is 8. The lowest BCUT2D eigenvalue weighted by Crippen LogP contribution is -2.30. The van der Waals surface area contributed by atoms with Crippen molar-refractivity contribution in [1.29, 1.82) is 0 Å². The lowest BCUT2D eigenvalue weighted by atomic mass is 9.90. The first kappa shape index (κ1) is 28.8. The molecule has 1 aliphatic carbocycles. The van der Waals surface area contributed by atoms with Gasteiger partial charge in [0, 0.05) is 22.9 Å². The average Bonchev–Trinajstić information content (AvgIpc) is 3.49. The molecule has 6 rings (SSSR count). The summed E-state index contributed by atoms with van der Waals surface area (Å²) < 4.78 is 68.7. The Morgan fingerprint density at radius 2 is 1.63 bits per heavy atom. The maximum atomic E-state index is 14.6. The molecular formula is C30H23F3N4O4S2. The molecule has 3 N–H and O–H groups in total. The predicted octanol–water partition coefficient (Wildman–Crippen LogP) is 6.19. The second kappa shape index (κ2) is 10.4. The fourth-order valence-electron chi connectivity index (χ4n) is 5.15. The summed E-state index contributed by atoms with van der Waals surface area (Å²) in [7, 11) is -3.97. The van der Waals surface area contributed by atoms with Crippen LogP contribution in [0.4, 0.5) is 13.2 Å². The molecule has 0 bridgehead atoms. The first-order valence-corrected chi connectivity index (χ1v) is 15.5. The lowest BCUT2D eigenvalue weighted by Gasteiger charge is -2.19. The summed E-state index contributed by atoms with van der Waals surface area (Å²) in [5.74, 6) is -1.27. The number of aromatic nitrogens is 3. The van der Waals surface area contributed by atoms with Gasteiger partial charge in [-0.25, -0.2) is 28.0 Å². The smallest absolute Gasteiger partial charge is 0.400 e. The topological polar surface area (TPSA) is 128 Å². The Balaban J connectivity index is 1.61. The second-order valence-electron chi connectivity index (χ2n) is 10.3. The maximum absolute atomic E-state index is 14.6. The summed E-state index contributed by atoms with van der Waals surface area (Å²) in [6, 6.07) is 22.4. The molecule has 1 aliphatic rings. The zero-order chi connectivity index (χ0) is 30.6. The van der Waals surface area contributed by atoms with E-state index in [0.717, 1.165) is 22.5 Å². The number of carbonyl (C=O) groups is 1. The summed E-state index contributed by atoms with van der Waals surface area (Å²) >= 11 is 0.959.